The van der Waals surface area contributed by atoms with Crippen molar-refractivity contribution in [3.63, 3.8) is 0 Å². The molecule has 1 amide bonds. The summed E-state index contributed by atoms with van der Waals surface area (Å²) in [5.74, 6) is -0.617. The van der Waals surface area contributed by atoms with E-state index in [1.165, 1.54) is 23.4 Å². The lowest BCUT2D eigenvalue weighted by molar-refractivity contribution is 0.0794. The summed E-state index contributed by atoms with van der Waals surface area (Å²) in [5.41, 5.74) is 7.23. The predicted octanol–water partition coefficient (Wildman–Crippen LogP) is 2.44. The van der Waals surface area contributed by atoms with Crippen LogP contribution in [0.3, 0.4) is 0 Å². The molecule has 0 radical (unpaired) electrons. The first-order chi connectivity index (χ1) is 12.5. The number of hydrogen-bond acceptors (Lipinski definition) is 5. The van der Waals surface area contributed by atoms with Crippen LogP contribution in [-0.2, 0) is 0 Å². The van der Waals surface area contributed by atoms with Crippen molar-refractivity contribution < 1.29 is 18.3 Å². The van der Waals surface area contributed by atoms with Gasteiger partial charge in [0.25, 0.3) is 5.91 Å². The van der Waals surface area contributed by atoms with Gasteiger partial charge < -0.3 is 15.4 Å². The maximum Gasteiger partial charge on any atom is 0.258 e. The highest BCUT2D eigenvalue weighted by Gasteiger charge is 2.29. The number of ether oxygens (including phenoxy) is 1. The second-order valence-electron chi connectivity index (χ2n) is 5.57. The number of amides is 1. The van der Waals surface area contributed by atoms with Gasteiger partial charge in [-0.25, -0.2) is 18.7 Å². The fraction of sp³-hybridized carbons (Fsp3) is 0.235. The molecule has 1 aliphatic heterocycles. The van der Waals surface area contributed by atoms with E-state index in [-0.39, 0.29) is 31.0 Å². The number of carbonyl (C=O) groups excluding carboxylic acids is 1. The van der Waals surface area contributed by atoms with E-state index in [0.717, 1.165) is 12.1 Å². The van der Waals surface area contributed by atoms with Crippen LogP contribution < -0.4 is 10.5 Å². The lowest BCUT2D eigenvalue weighted by Gasteiger charge is -2.18. The Kier molecular flexibility index (Phi) is 5.32. The van der Waals surface area contributed by atoms with Gasteiger partial charge in [0, 0.05) is 29.7 Å². The quantitative estimate of drug-likeness (QED) is 0.861. The fourth-order valence-corrected chi connectivity index (χ4v) is 2.68. The molecule has 0 aliphatic carbocycles. The van der Waals surface area contributed by atoms with Gasteiger partial charge >= 0.3 is 0 Å². The lowest BCUT2D eigenvalue weighted by Crippen LogP contribution is -2.30. The second kappa shape index (κ2) is 7.65. The highest BCUT2D eigenvalue weighted by atomic mass is 35.5. The molecule has 2 N–H and O–H groups in total. The van der Waals surface area contributed by atoms with Crippen LogP contribution in [0, 0.1) is 5.82 Å². The van der Waals surface area contributed by atoms with Crippen LogP contribution in [0.25, 0.3) is 5.57 Å². The van der Waals surface area contributed by atoms with Crippen molar-refractivity contribution in [3.8, 4) is 5.75 Å². The van der Waals surface area contributed by atoms with Crippen molar-refractivity contribution in [1.29, 1.82) is 0 Å². The number of rotatable bonds is 5. The van der Waals surface area contributed by atoms with E-state index in [0.29, 0.717) is 22.1 Å². The molecule has 2 heterocycles. The van der Waals surface area contributed by atoms with Crippen molar-refractivity contribution in [2.45, 2.75) is 0 Å². The average Bonchev–Trinajstić information content (AvgIpc) is 3.02. The van der Waals surface area contributed by atoms with Gasteiger partial charge in [0.05, 0.1) is 23.7 Å². The highest BCUT2D eigenvalue weighted by molar-refractivity contribution is 6.30. The molecular formula is C17H15ClF2N4O2. The molecule has 136 valence electrons. The molecule has 6 nitrogen and oxygen atoms in total. The van der Waals surface area contributed by atoms with Crippen LogP contribution in [0.5, 0.6) is 5.75 Å². The van der Waals surface area contributed by atoms with Crippen molar-refractivity contribution in [2.24, 2.45) is 5.73 Å². The second-order valence-corrected chi connectivity index (χ2v) is 6.00. The third-order valence-electron chi connectivity index (χ3n) is 3.78. The molecule has 0 atom stereocenters. The minimum Gasteiger partial charge on any atom is -0.490 e. The van der Waals surface area contributed by atoms with E-state index in [2.05, 4.69) is 9.97 Å². The van der Waals surface area contributed by atoms with Gasteiger partial charge in [0.1, 0.15) is 24.8 Å². The Balaban J connectivity index is 1.81. The number of hydrogen-bond donors (Lipinski definition) is 1. The molecule has 9 heteroatoms. The molecule has 26 heavy (non-hydrogen) atoms. The van der Waals surface area contributed by atoms with Gasteiger partial charge in [-0.3, -0.25) is 4.79 Å². The number of nitrogens with two attached hydrogens (primary N) is 1. The summed E-state index contributed by atoms with van der Waals surface area (Å²) in [6.45, 7) is -0.666. The van der Waals surface area contributed by atoms with Gasteiger partial charge in [0.2, 0.25) is 0 Å². The first-order valence-electron chi connectivity index (χ1n) is 7.72. The first-order valence-corrected chi connectivity index (χ1v) is 8.10. The van der Waals surface area contributed by atoms with Crippen LogP contribution in [0.2, 0.25) is 5.02 Å². The van der Waals surface area contributed by atoms with Crippen LogP contribution >= 0.6 is 11.6 Å². The predicted molar refractivity (Wildman–Crippen MR) is 91.9 cm³/mol. The van der Waals surface area contributed by atoms with E-state index >= 15 is 0 Å². The van der Waals surface area contributed by atoms with Crippen LogP contribution in [0.4, 0.5) is 8.78 Å². The Morgan fingerprint density at radius 1 is 1.31 bits per heavy atom. The van der Waals surface area contributed by atoms with Crippen molar-refractivity contribution in [3.05, 3.63) is 58.5 Å². The first kappa shape index (κ1) is 18.1. The number of benzene rings is 1. The Labute approximate surface area is 153 Å². The zero-order valence-electron chi connectivity index (χ0n) is 13.6. The molecular weight excluding hydrogens is 366 g/mol. The Morgan fingerprint density at radius 3 is 2.73 bits per heavy atom. The molecule has 1 aromatic carbocycles. The van der Waals surface area contributed by atoms with Crippen molar-refractivity contribution >= 4 is 23.1 Å². The van der Waals surface area contributed by atoms with E-state index in [9.17, 15) is 13.6 Å². The maximum absolute atomic E-state index is 13.4. The molecule has 0 bridgehead atoms. The standard InChI is InChI=1S/C17H15ClF2N4O2/c18-10-6-22-16(23-7-10)13-8-24(9-14(13)21)17(25)12-2-1-11(20)5-15(12)26-4-3-19/h1-2,5-7H,3-4,8-9,21H2. The molecule has 0 saturated heterocycles. The number of aromatic nitrogens is 2. The third-order valence-corrected chi connectivity index (χ3v) is 3.98. The summed E-state index contributed by atoms with van der Waals surface area (Å²) in [7, 11) is 0. The Morgan fingerprint density at radius 2 is 2.04 bits per heavy atom. The number of carbonyl (C=O) groups is 1. The van der Waals surface area contributed by atoms with Crippen molar-refractivity contribution in [1.82, 2.24) is 14.9 Å². The topological polar surface area (TPSA) is 81.3 Å². The number of alkyl halides is 1. The fourth-order valence-electron chi connectivity index (χ4n) is 2.59. The van der Waals surface area contributed by atoms with E-state index in [1.54, 1.807) is 0 Å². The maximum atomic E-state index is 13.4. The molecule has 1 aliphatic rings. The summed E-state index contributed by atoms with van der Waals surface area (Å²) < 4.78 is 31.0. The highest BCUT2D eigenvalue weighted by Crippen LogP contribution is 2.27. The molecule has 0 spiro atoms. The zero-order valence-corrected chi connectivity index (χ0v) is 14.3. The average molecular weight is 381 g/mol. The molecule has 3 rings (SSSR count). The number of nitrogens with zero attached hydrogens (tertiary/aromatic N) is 3. The van der Waals surface area contributed by atoms with Crippen LogP contribution in [-0.4, -0.2) is 47.1 Å². The lowest BCUT2D eigenvalue weighted by atomic mass is 10.1. The minimum atomic E-state index is -0.750. The number of halogens is 3. The third kappa shape index (κ3) is 3.75. The largest absolute Gasteiger partial charge is 0.490 e. The minimum absolute atomic E-state index is 0.0117. The van der Waals surface area contributed by atoms with Gasteiger partial charge in [-0.2, -0.15) is 0 Å². The van der Waals surface area contributed by atoms with Crippen LogP contribution in [0.15, 0.2) is 36.3 Å². The van der Waals surface area contributed by atoms with Gasteiger partial charge in [-0.1, -0.05) is 11.6 Å². The monoisotopic (exact) mass is 380 g/mol. The van der Waals surface area contributed by atoms with Crippen LogP contribution in [0.1, 0.15) is 16.2 Å². The molecule has 1 aromatic heterocycles. The summed E-state index contributed by atoms with van der Waals surface area (Å²) in [5, 5.41) is 0.389. The van der Waals surface area contributed by atoms with Gasteiger partial charge in [-0.05, 0) is 12.1 Å². The van der Waals surface area contributed by atoms with E-state index in [4.69, 9.17) is 22.1 Å². The van der Waals surface area contributed by atoms with E-state index < -0.39 is 18.4 Å². The summed E-state index contributed by atoms with van der Waals surface area (Å²) in [6.07, 6.45) is 2.88. The molecule has 2 aromatic rings. The van der Waals surface area contributed by atoms with Gasteiger partial charge in [0.15, 0.2) is 5.82 Å². The normalized spacial score (nSPS) is 14.0. The van der Waals surface area contributed by atoms with E-state index in [1.807, 2.05) is 0 Å². The summed E-state index contributed by atoms with van der Waals surface area (Å²) in [4.78, 5) is 22.5. The Hall–Kier alpha value is -2.74. The zero-order chi connectivity index (χ0) is 18.7. The Bertz CT molecular complexity index is 858. The SMILES string of the molecule is NC1=C(c2ncc(Cl)cn2)CN(C(=O)c2ccc(F)cc2OCCF)C1. The smallest absolute Gasteiger partial charge is 0.258 e. The molecule has 0 saturated carbocycles. The van der Waals surface area contributed by atoms with Gasteiger partial charge in [-0.15, -0.1) is 0 Å². The summed E-state index contributed by atoms with van der Waals surface area (Å²) >= 11 is 5.78. The molecule has 0 fully saturated rings. The summed E-state index contributed by atoms with van der Waals surface area (Å²) in [6, 6.07) is 3.50. The molecule has 0 unspecified atom stereocenters. The van der Waals surface area contributed by atoms with Crippen molar-refractivity contribution in [2.75, 3.05) is 26.4 Å².